The van der Waals surface area contributed by atoms with Crippen molar-refractivity contribution in [2.75, 3.05) is 124 Å². The molecule has 6 aromatic carbocycles. The number of nitrogens with one attached hydrogen (secondary N) is 6. The Bertz CT molecular complexity index is 4040. The first-order valence-electron chi connectivity index (χ1n) is 39.1. The molecule has 8 rings (SSSR count). The first-order valence-corrected chi connectivity index (χ1v) is 39.1. The first-order chi connectivity index (χ1) is 57.2. The van der Waals surface area contributed by atoms with E-state index in [1.807, 2.05) is 12.1 Å². The van der Waals surface area contributed by atoms with Crippen LogP contribution < -0.4 is 31.9 Å². The summed E-state index contributed by atoms with van der Waals surface area (Å²) < 4.78 is 32.2. The van der Waals surface area contributed by atoms with Gasteiger partial charge in [-0.2, -0.15) is 5.06 Å². The van der Waals surface area contributed by atoms with Gasteiger partial charge in [0.15, 0.2) is 17.1 Å². The van der Waals surface area contributed by atoms with Gasteiger partial charge in [0.05, 0.1) is 6.54 Å². The number of carbonyl (C=O) groups excluding carboxylic acids is 14. The van der Waals surface area contributed by atoms with Crippen molar-refractivity contribution in [3.05, 3.63) is 215 Å². The molecule has 118 heavy (non-hydrogen) atoms. The molecule has 1 saturated heterocycles. The van der Waals surface area contributed by atoms with E-state index in [1.165, 1.54) is 19.6 Å². The summed E-state index contributed by atoms with van der Waals surface area (Å²) in [4.78, 5) is 203. The van der Waals surface area contributed by atoms with E-state index in [9.17, 15) is 62.7 Å². The van der Waals surface area contributed by atoms with Crippen LogP contribution in [0.1, 0.15) is 84.7 Å². The second-order valence-electron chi connectivity index (χ2n) is 27.5. The van der Waals surface area contributed by atoms with Gasteiger partial charge in [-0.15, -0.1) is 0 Å². The highest BCUT2D eigenvalue weighted by molar-refractivity contribution is 6.19. The quantitative estimate of drug-likeness (QED) is 0.0166. The van der Waals surface area contributed by atoms with E-state index in [2.05, 4.69) is 31.9 Å². The number of carbonyl (C=O) groups is 14. The Balaban J connectivity index is 1.01. The number of benzene rings is 6. The third kappa shape index (κ3) is 32.0. The number of ether oxygens (including phenoxy) is 6. The summed E-state index contributed by atoms with van der Waals surface area (Å²) >= 11 is 0. The minimum atomic E-state index is -2.48. The van der Waals surface area contributed by atoms with Crippen molar-refractivity contribution in [3.8, 4) is 0 Å². The number of amides is 12. The van der Waals surface area contributed by atoms with E-state index in [-0.39, 0.29) is 138 Å². The van der Waals surface area contributed by atoms with Crippen LogP contribution in [0, 0.1) is 0 Å². The average molecular weight is 1630 g/mol. The van der Waals surface area contributed by atoms with Gasteiger partial charge in [0, 0.05) is 169 Å². The van der Waals surface area contributed by atoms with Gasteiger partial charge in [0.1, 0.15) is 39.6 Å². The number of hydrogen-bond donors (Lipinski definition) is 7. The Kier molecular flexibility index (Phi) is 38.2. The fraction of sp³-hybridized carbons (Fsp3) is 0.405. The molecule has 2 aliphatic rings. The van der Waals surface area contributed by atoms with Gasteiger partial charge in [0.25, 0.3) is 0 Å². The maximum absolute atomic E-state index is 15.3. The van der Waals surface area contributed by atoms with Crippen molar-refractivity contribution in [2.45, 2.75) is 96.5 Å². The zero-order valence-electron chi connectivity index (χ0n) is 65.9. The first kappa shape index (κ1) is 90.6. The molecule has 34 heteroatoms. The highest BCUT2D eigenvalue weighted by Crippen LogP contribution is 2.33. The van der Waals surface area contributed by atoms with Crippen LogP contribution in [0.4, 0.5) is 28.8 Å². The number of Topliss-reactive ketones (excluding diaryl/α,β-unsaturated/α-hetero) is 2. The number of hydrogen-bond acceptors (Lipinski definition) is 22. The van der Waals surface area contributed by atoms with E-state index in [0.29, 0.717) is 22.3 Å². The smallest absolute Gasteiger partial charge is 0.407 e. The van der Waals surface area contributed by atoms with Crippen LogP contribution in [0.3, 0.4) is 0 Å². The molecule has 0 unspecified atom stereocenters. The third-order valence-corrected chi connectivity index (χ3v) is 19.1. The molecule has 0 atom stereocenters. The molecule has 1 saturated carbocycles. The summed E-state index contributed by atoms with van der Waals surface area (Å²) in [6.45, 7) is -5.34. The molecule has 12 amide bonds. The highest BCUT2D eigenvalue weighted by atomic mass is 16.6. The Hall–Kier alpha value is -13.0. The highest BCUT2D eigenvalue weighted by Gasteiger charge is 2.57. The summed E-state index contributed by atoms with van der Waals surface area (Å²) in [7, 11) is 0. The molecule has 630 valence electrons. The van der Waals surface area contributed by atoms with Gasteiger partial charge in [-0.05, 0) is 33.4 Å². The van der Waals surface area contributed by atoms with Crippen molar-refractivity contribution in [1.29, 1.82) is 0 Å². The van der Waals surface area contributed by atoms with Crippen LogP contribution in [-0.2, 0) is 106 Å². The summed E-state index contributed by atoms with van der Waals surface area (Å²) in [6, 6.07) is 53.4. The molecule has 0 radical (unpaired) electrons. The van der Waals surface area contributed by atoms with Crippen molar-refractivity contribution < 1.29 is 101 Å². The summed E-state index contributed by atoms with van der Waals surface area (Å²) in [5, 5.41) is 28.1. The van der Waals surface area contributed by atoms with Gasteiger partial charge in [-0.3, -0.25) is 38.4 Å². The largest absolute Gasteiger partial charge is 0.445 e. The van der Waals surface area contributed by atoms with Crippen LogP contribution in [-0.4, -0.2) is 253 Å². The molecule has 0 bridgehead atoms. The average Bonchev–Trinajstić information content (AvgIpc) is 1.58. The molecule has 1 aliphatic carbocycles. The van der Waals surface area contributed by atoms with E-state index in [0.717, 1.165) is 26.0 Å². The van der Waals surface area contributed by atoms with Crippen LogP contribution >= 0.6 is 0 Å². The Morgan fingerprint density at radius 1 is 0.305 bits per heavy atom. The maximum Gasteiger partial charge on any atom is 0.407 e. The number of alkyl carbamates (subject to hydrolysis) is 6. The molecule has 1 aliphatic heterocycles. The van der Waals surface area contributed by atoms with Crippen molar-refractivity contribution in [2.24, 2.45) is 0 Å². The van der Waals surface area contributed by atoms with Crippen molar-refractivity contribution in [3.63, 3.8) is 0 Å². The minimum Gasteiger partial charge on any atom is -0.445 e. The standard InChI is InChI=1S/C84H103N13O21/c98-70-31-32-71(99)84(70)63-95(76(104)36-35-73(101)92(47-41-87-80(108)115-59-66-23-11-3-12-24-66)48-42-88-81(109)116-60-67-25-13-4-14-26-67)52-51-94(75(103)34-33-72(100)91(45-39-85-78(106)113-57-64-19-7-1-8-20-64)46-40-86-79(107)114-58-65-21-9-2-10-22-65)53-54-96(112)55-56-97(84)77(105)38-37-74(102)93(49-43-89-82(110)117-61-68-27-15-5-16-28-68)50-44-90-83(111)118-62-69-29-17-6-18-30-69/h1-30,112H,31-63H2,(H,85,106)(H,86,107)(H,87,108)(H,88,109)(H,89,110)(H,90,111). The van der Waals surface area contributed by atoms with Crippen LogP contribution in [0.5, 0.6) is 0 Å². The van der Waals surface area contributed by atoms with E-state index in [1.54, 1.807) is 170 Å². The fourth-order valence-electron chi connectivity index (χ4n) is 12.7. The number of ketones is 2. The van der Waals surface area contributed by atoms with E-state index >= 15 is 9.59 Å². The SMILES string of the molecule is O=C(NCCN(CCNC(=O)OCc1ccccc1)C(=O)CCC(=O)N1CCN(O)CCN(C(=O)CCC(=O)N(CCNC(=O)OCc2ccccc2)CCNC(=O)OCc2ccccc2)C2(CN(C(=O)CCC(=O)N(CCNC(=O)OCc3ccccc3)CCNC(=O)OCc3ccccc3)CC1)C(=O)CCC2=O)OCc1ccccc1. The van der Waals surface area contributed by atoms with Gasteiger partial charge >= 0.3 is 36.6 Å². The minimum absolute atomic E-state index is 0.0362. The van der Waals surface area contributed by atoms with Crippen LogP contribution in [0.15, 0.2) is 182 Å². The van der Waals surface area contributed by atoms with E-state index in [4.69, 9.17) is 28.4 Å². The zero-order chi connectivity index (χ0) is 84.1. The molecular formula is C84H103N13O21. The lowest BCUT2D eigenvalue weighted by Gasteiger charge is -2.43. The lowest BCUT2D eigenvalue weighted by Crippen LogP contribution is -2.66. The number of rotatable bonds is 39. The molecule has 6 aromatic rings. The summed E-state index contributed by atoms with van der Waals surface area (Å²) in [6.07, 6.45) is -8.87. The van der Waals surface area contributed by atoms with Gasteiger partial charge < -0.3 is 94.9 Å². The van der Waals surface area contributed by atoms with Gasteiger partial charge in [-0.1, -0.05) is 182 Å². The number of hydroxylamine groups is 2. The Labute approximate surface area is 684 Å². The van der Waals surface area contributed by atoms with Gasteiger partial charge in [-0.25, -0.2) is 28.8 Å². The van der Waals surface area contributed by atoms with Crippen LogP contribution in [0.2, 0.25) is 0 Å². The zero-order valence-corrected chi connectivity index (χ0v) is 65.9. The number of nitrogens with zero attached hydrogens (tertiary/aromatic N) is 7. The summed E-state index contributed by atoms with van der Waals surface area (Å²) in [5.41, 5.74) is 1.84. The van der Waals surface area contributed by atoms with Crippen molar-refractivity contribution in [1.82, 2.24) is 66.4 Å². The van der Waals surface area contributed by atoms with Crippen LogP contribution in [0.25, 0.3) is 0 Å². The Morgan fingerprint density at radius 3 is 0.805 bits per heavy atom. The predicted octanol–water partition coefficient (Wildman–Crippen LogP) is 6.23. The second kappa shape index (κ2) is 49.7. The summed E-state index contributed by atoms with van der Waals surface area (Å²) in [5.74, 6) is -5.92. The molecule has 34 nitrogen and oxygen atoms in total. The third-order valence-electron chi connectivity index (χ3n) is 19.1. The molecule has 1 spiro atoms. The fourth-order valence-corrected chi connectivity index (χ4v) is 12.7. The topological polar surface area (TPSA) is 409 Å². The molecule has 1 heterocycles. The molecule has 0 aromatic heterocycles. The molecule has 7 N–H and O–H groups in total. The second-order valence-corrected chi connectivity index (χ2v) is 27.5. The lowest BCUT2D eigenvalue weighted by molar-refractivity contribution is -0.159. The normalized spacial score (nSPS) is 13.4. The monoisotopic (exact) mass is 1630 g/mol. The predicted molar refractivity (Wildman–Crippen MR) is 425 cm³/mol. The van der Waals surface area contributed by atoms with Gasteiger partial charge in [0.2, 0.25) is 35.4 Å². The van der Waals surface area contributed by atoms with E-state index < -0.39 is 167 Å². The Morgan fingerprint density at radius 2 is 0.534 bits per heavy atom. The maximum atomic E-state index is 15.3. The molecule has 2 fully saturated rings. The lowest BCUT2D eigenvalue weighted by atomic mass is 9.90. The van der Waals surface area contributed by atoms with Crippen molar-refractivity contribution >= 4 is 83.6 Å². The molecular weight excluding hydrogens is 1530 g/mol.